The van der Waals surface area contributed by atoms with Gasteiger partial charge in [0.1, 0.15) is 12.3 Å². The standard InChI is InChI=1S/C22H20N4O4/c1-29-11-12-30-22(28)24-18-4-2-3-17(13-18)14-20-21(27)9-10-26(25-20)19-7-5-16(15-23)6-8-19/h2-10,13H,11-12,14H2,1H3,(H,24,28). The van der Waals surface area contributed by atoms with Crippen molar-refractivity contribution in [2.45, 2.75) is 6.42 Å². The number of nitrogens with one attached hydrogen (secondary N) is 1. The van der Waals surface area contributed by atoms with E-state index < -0.39 is 6.09 Å². The minimum absolute atomic E-state index is 0.158. The molecular weight excluding hydrogens is 384 g/mol. The summed E-state index contributed by atoms with van der Waals surface area (Å²) in [5.41, 5.74) is 2.83. The maximum absolute atomic E-state index is 12.3. The van der Waals surface area contributed by atoms with Crippen molar-refractivity contribution in [3.05, 3.63) is 87.8 Å². The van der Waals surface area contributed by atoms with Crippen LogP contribution in [-0.4, -0.2) is 36.2 Å². The highest BCUT2D eigenvalue weighted by Gasteiger charge is 2.08. The summed E-state index contributed by atoms with van der Waals surface area (Å²) in [6.45, 7) is 0.476. The summed E-state index contributed by atoms with van der Waals surface area (Å²) >= 11 is 0. The monoisotopic (exact) mass is 404 g/mol. The van der Waals surface area contributed by atoms with Gasteiger partial charge in [-0.05, 0) is 42.0 Å². The highest BCUT2D eigenvalue weighted by atomic mass is 16.6. The first-order valence-electron chi connectivity index (χ1n) is 9.20. The second kappa shape index (κ2) is 10.0. The molecule has 8 heteroatoms. The molecule has 0 saturated carbocycles. The van der Waals surface area contributed by atoms with E-state index in [-0.39, 0.29) is 12.0 Å². The van der Waals surface area contributed by atoms with Gasteiger partial charge in [0.2, 0.25) is 5.43 Å². The van der Waals surface area contributed by atoms with Gasteiger partial charge in [-0.2, -0.15) is 10.4 Å². The largest absolute Gasteiger partial charge is 0.447 e. The van der Waals surface area contributed by atoms with Crippen molar-refractivity contribution in [1.29, 1.82) is 5.26 Å². The Bertz CT molecular complexity index is 1120. The van der Waals surface area contributed by atoms with E-state index >= 15 is 0 Å². The van der Waals surface area contributed by atoms with E-state index in [1.165, 1.54) is 13.2 Å². The molecule has 8 nitrogen and oxygen atoms in total. The summed E-state index contributed by atoms with van der Waals surface area (Å²) < 4.78 is 11.4. The zero-order chi connectivity index (χ0) is 21.3. The van der Waals surface area contributed by atoms with E-state index in [0.717, 1.165) is 11.3 Å². The molecule has 0 atom stereocenters. The van der Waals surface area contributed by atoms with Crippen LogP contribution in [0.25, 0.3) is 5.69 Å². The molecule has 0 spiro atoms. The van der Waals surface area contributed by atoms with E-state index in [4.69, 9.17) is 14.7 Å². The maximum atomic E-state index is 12.3. The predicted molar refractivity (Wildman–Crippen MR) is 111 cm³/mol. The first kappa shape index (κ1) is 20.8. The van der Waals surface area contributed by atoms with E-state index in [0.29, 0.717) is 30.0 Å². The van der Waals surface area contributed by atoms with Gasteiger partial charge in [-0.1, -0.05) is 12.1 Å². The zero-order valence-electron chi connectivity index (χ0n) is 16.4. The molecule has 1 amide bonds. The molecule has 30 heavy (non-hydrogen) atoms. The fourth-order valence-corrected chi connectivity index (χ4v) is 2.73. The zero-order valence-corrected chi connectivity index (χ0v) is 16.4. The Morgan fingerprint density at radius 1 is 1.17 bits per heavy atom. The highest BCUT2D eigenvalue weighted by Crippen LogP contribution is 2.14. The van der Waals surface area contributed by atoms with Crippen molar-refractivity contribution in [1.82, 2.24) is 9.78 Å². The third kappa shape index (κ3) is 5.53. The average molecular weight is 404 g/mol. The summed E-state index contributed by atoms with van der Waals surface area (Å²) in [4.78, 5) is 24.1. The van der Waals surface area contributed by atoms with Crippen LogP contribution >= 0.6 is 0 Å². The van der Waals surface area contributed by atoms with Crippen molar-refractivity contribution in [3.8, 4) is 11.8 Å². The molecule has 0 bridgehead atoms. The molecule has 0 saturated heterocycles. The minimum atomic E-state index is -0.579. The van der Waals surface area contributed by atoms with Crippen LogP contribution in [-0.2, 0) is 15.9 Å². The van der Waals surface area contributed by atoms with E-state index in [2.05, 4.69) is 16.5 Å². The van der Waals surface area contributed by atoms with Crippen LogP contribution in [0.15, 0.2) is 65.6 Å². The molecule has 0 unspecified atom stereocenters. The number of carbonyl (C=O) groups excluding carboxylic acids is 1. The first-order chi connectivity index (χ1) is 14.6. The molecule has 3 aromatic rings. The highest BCUT2D eigenvalue weighted by molar-refractivity contribution is 5.84. The molecule has 1 heterocycles. The number of rotatable bonds is 7. The maximum Gasteiger partial charge on any atom is 0.411 e. The number of aromatic nitrogens is 2. The van der Waals surface area contributed by atoms with Gasteiger partial charge in [-0.15, -0.1) is 0 Å². The fourth-order valence-electron chi connectivity index (χ4n) is 2.73. The Hall–Kier alpha value is -3.96. The van der Waals surface area contributed by atoms with Gasteiger partial charge in [-0.3, -0.25) is 10.1 Å². The summed E-state index contributed by atoms with van der Waals surface area (Å²) in [5.74, 6) is 0. The van der Waals surface area contributed by atoms with Gasteiger partial charge in [0.15, 0.2) is 0 Å². The Labute approximate surface area is 173 Å². The van der Waals surface area contributed by atoms with E-state index in [1.807, 2.05) is 6.07 Å². The second-order valence-electron chi connectivity index (χ2n) is 6.36. The van der Waals surface area contributed by atoms with Crippen molar-refractivity contribution < 1.29 is 14.3 Å². The molecule has 0 aliphatic rings. The molecule has 0 radical (unpaired) electrons. The lowest BCUT2D eigenvalue weighted by Gasteiger charge is -2.09. The lowest BCUT2D eigenvalue weighted by atomic mass is 10.1. The number of nitrogens with zero attached hydrogens (tertiary/aromatic N) is 3. The number of ether oxygens (including phenoxy) is 2. The summed E-state index contributed by atoms with van der Waals surface area (Å²) in [5, 5.41) is 16.0. The predicted octanol–water partition coefficient (Wildman–Crippen LogP) is 2.89. The Balaban J connectivity index is 1.75. The summed E-state index contributed by atoms with van der Waals surface area (Å²) in [7, 11) is 1.53. The van der Waals surface area contributed by atoms with Crippen LogP contribution in [0.3, 0.4) is 0 Å². The lowest BCUT2D eigenvalue weighted by Crippen LogP contribution is -2.17. The molecular formula is C22H20N4O4. The SMILES string of the molecule is COCCOC(=O)Nc1cccc(Cc2nn(-c3ccc(C#N)cc3)ccc2=O)c1. The van der Waals surface area contributed by atoms with E-state index in [1.54, 1.807) is 53.3 Å². The number of anilines is 1. The number of benzene rings is 2. The molecule has 2 aromatic carbocycles. The number of hydrogen-bond donors (Lipinski definition) is 1. The molecule has 3 rings (SSSR count). The van der Waals surface area contributed by atoms with Gasteiger partial charge >= 0.3 is 6.09 Å². The molecule has 0 aliphatic heterocycles. The van der Waals surface area contributed by atoms with E-state index in [9.17, 15) is 9.59 Å². The van der Waals surface area contributed by atoms with Crippen LogP contribution < -0.4 is 10.7 Å². The summed E-state index contributed by atoms with van der Waals surface area (Å²) in [6, 6.07) is 17.5. The van der Waals surface area contributed by atoms with Gasteiger partial charge in [-0.25, -0.2) is 9.48 Å². The topological polar surface area (TPSA) is 106 Å². The average Bonchev–Trinajstić information content (AvgIpc) is 2.76. The normalized spacial score (nSPS) is 10.3. The first-order valence-corrected chi connectivity index (χ1v) is 9.20. The van der Waals surface area contributed by atoms with Gasteiger partial charge < -0.3 is 9.47 Å². The molecule has 0 aliphatic carbocycles. The molecule has 152 valence electrons. The quantitative estimate of drug-likeness (QED) is 0.607. The van der Waals surface area contributed by atoms with Crippen molar-refractivity contribution in [3.63, 3.8) is 0 Å². The van der Waals surface area contributed by atoms with Crippen molar-refractivity contribution in [2.75, 3.05) is 25.6 Å². The Kier molecular flexibility index (Phi) is 6.92. The van der Waals surface area contributed by atoms with Crippen LogP contribution in [0.5, 0.6) is 0 Å². The third-order valence-corrected chi connectivity index (χ3v) is 4.21. The number of carbonyl (C=O) groups is 1. The van der Waals surface area contributed by atoms with Crippen LogP contribution in [0.4, 0.5) is 10.5 Å². The smallest absolute Gasteiger partial charge is 0.411 e. The number of nitriles is 1. The molecule has 0 fully saturated rings. The van der Waals surface area contributed by atoms with Gasteiger partial charge in [0, 0.05) is 31.5 Å². The second-order valence-corrected chi connectivity index (χ2v) is 6.36. The summed E-state index contributed by atoms with van der Waals surface area (Å²) in [6.07, 6.45) is 1.30. The Morgan fingerprint density at radius 3 is 2.70 bits per heavy atom. The number of methoxy groups -OCH3 is 1. The fraction of sp³-hybridized carbons (Fsp3) is 0.182. The Morgan fingerprint density at radius 2 is 1.97 bits per heavy atom. The lowest BCUT2D eigenvalue weighted by molar-refractivity contribution is 0.107. The van der Waals surface area contributed by atoms with Crippen LogP contribution in [0, 0.1) is 11.3 Å². The number of hydrogen-bond acceptors (Lipinski definition) is 6. The molecule has 1 aromatic heterocycles. The minimum Gasteiger partial charge on any atom is -0.447 e. The molecule has 1 N–H and O–H groups in total. The number of amides is 1. The van der Waals surface area contributed by atoms with Crippen LogP contribution in [0.1, 0.15) is 16.8 Å². The van der Waals surface area contributed by atoms with Crippen LogP contribution in [0.2, 0.25) is 0 Å². The van der Waals surface area contributed by atoms with Gasteiger partial charge in [0.05, 0.1) is 23.9 Å². The third-order valence-electron chi connectivity index (χ3n) is 4.21. The van der Waals surface area contributed by atoms with Gasteiger partial charge in [0.25, 0.3) is 0 Å². The van der Waals surface area contributed by atoms with Crippen molar-refractivity contribution >= 4 is 11.8 Å². The van der Waals surface area contributed by atoms with Crippen molar-refractivity contribution in [2.24, 2.45) is 0 Å².